The molecule has 2 aromatic rings. The zero-order chi connectivity index (χ0) is 22.3. The lowest BCUT2D eigenvalue weighted by Gasteiger charge is -2.31. The molecule has 0 saturated heterocycles. The van der Waals surface area contributed by atoms with E-state index in [1.165, 1.54) is 0 Å². The molecule has 1 atom stereocenters. The third kappa shape index (κ3) is 7.10. The lowest BCUT2D eigenvalue weighted by molar-refractivity contribution is -0.142. The molecular formula is C24H32N2O4. The maximum atomic E-state index is 13.0. The Kier molecular flexibility index (Phi) is 7.86. The van der Waals surface area contributed by atoms with E-state index in [0.29, 0.717) is 18.0 Å². The molecule has 0 spiro atoms. The number of benzene rings is 2. The molecule has 0 fully saturated rings. The van der Waals surface area contributed by atoms with Crippen LogP contribution in [0.25, 0.3) is 0 Å². The SMILES string of the molecule is COc1ccc(OCC(=O)N(Cc2ccc(C)cc2)C(C)C(=O)NC(C)(C)C)cc1. The van der Waals surface area contributed by atoms with Crippen molar-refractivity contribution in [3.05, 3.63) is 59.7 Å². The molecule has 1 N–H and O–H groups in total. The summed E-state index contributed by atoms with van der Waals surface area (Å²) in [7, 11) is 1.59. The van der Waals surface area contributed by atoms with Gasteiger partial charge in [-0.25, -0.2) is 0 Å². The predicted molar refractivity (Wildman–Crippen MR) is 118 cm³/mol. The molecule has 0 aliphatic rings. The second-order valence-corrected chi connectivity index (χ2v) is 8.39. The molecule has 0 bridgehead atoms. The summed E-state index contributed by atoms with van der Waals surface area (Å²) in [4.78, 5) is 27.3. The number of aryl methyl sites for hydroxylation is 1. The van der Waals surface area contributed by atoms with Gasteiger partial charge in [0.05, 0.1) is 7.11 Å². The lowest BCUT2D eigenvalue weighted by Crippen LogP contribution is -2.53. The van der Waals surface area contributed by atoms with Crippen LogP contribution in [0.4, 0.5) is 0 Å². The van der Waals surface area contributed by atoms with E-state index in [0.717, 1.165) is 11.1 Å². The summed E-state index contributed by atoms with van der Waals surface area (Å²) in [5.41, 5.74) is 1.70. The van der Waals surface area contributed by atoms with Crippen molar-refractivity contribution >= 4 is 11.8 Å². The first-order valence-electron chi connectivity index (χ1n) is 10.0. The van der Waals surface area contributed by atoms with Crippen LogP contribution in [0.1, 0.15) is 38.8 Å². The summed E-state index contributed by atoms with van der Waals surface area (Å²) in [5.74, 6) is 0.809. The van der Waals surface area contributed by atoms with Gasteiger partial charge in [-0.05, 0) is 64.4 Å². The molecule has 0 radical (unpaired) electrons. The van der Waals surface area contributed by atoms with E-state index < -0.39 is 6.04 Å². The Morgan fingerprint density at radius 2 is 1.57 bits per heavy atom. The van der Waals surface area contributed by atoms with Gasteiger partial charge in [0.2, 0.25) is 5.91 Å². The lowest BCUT2D eigenvalue weighted by atomic mass is 10.1. The Balaban J connectivity index is 2.14. The largest absolute Gasteiger partial charge is 0.497 e. The Morgan fingerprint density at radius 1 is 1.00 bits per heavy atom. The van der Waals surface area contributed by atoms with Gasteiger partial charge >= 0.3 is 0 Å². The normalized spacial score (nSPS) is 12.1. The summed E-state index contributed by atoms with van der Waals surface area (Å²) < 4.78 is 10.8. The molecule has 162 valence electrons. The summed E-state index contributed by atoms with van der Waals surface area (Å²) in [6.07, 6.45) is 0. The third-order valence-electron chi connectivity index (χ3n) is 4.56. The molecule has 0 aliphatic carbocycles. The smallest absolute Gasteiger partial charge is 0.261 e. The maximum Gasteiger partial charge on any atom is 0.261 e. The highest BCUT2D eigenvalue weighted by Crippen LogP contribution is 2.18. The number of carbonyl (C=O) groups is 2. The van der Waals surface area contributed by atoms with E-state index in [1.54, 1.807) is 43.2 Å². The van der Waals surface area contributed by atoms with E-state index in [2.05, 4.69) is 5.32 Å². The third-order valence-corrected chi connectivity index (χ3v) is 4.56. The van der Waals surface area contributed by atoms with Crippen LogP contribution >= 0.6 is 0 Å². The van der Waals surface area contributed by atoms with E-state index in [4.69, 9.17) is 9.47 Å². The molecule has 0 heterocycles. The predicted octanol–water partition coefficient (Wildman–Crippen LogP) is 3.71. The molecule has 0 saturated carbocycles. The molecule has 0 aromatic heterocycles. The van der Waals surface area contributed by atoms with Gasteiger partial charge in [0, 0.05) is 12.1 Å². The van der Waals surface area contributed by atoms with Gasteiger partial charge in [-0.2, -0.15) is 0 Å². The van der Waals surface area contributed by atoms with E-state index in [-0.39, 0.29) is 24.0 Å². The highest BCUT2D eigenvalue weighted by atomic mass is 16.5. The van der Waals surface area contributed by atoms with Crippen LogP contribution in [0.3, 0.4) is 0 Å². The van der Waals surface area contributed by atoms with Crippen molar-refractivity contribution in [1.82, 2.24) is 10.2 Å². The number of nitrogens with one attached hydrogen (secondary N) is 1. The molecule has 6 nitrogen and oxygen atoms in total. The molecular weight excluding hydrogens is 380 g/mol. The van der Waals surface area contributed by atoms with Crippen LogP contribution in [0.15, 0.2) is 48.5 Å². The van der Waals surface area contributed by atoms with Crippen molar-refractivity contribution in [2.24, 2.45) is 0 Å². The minimum Gasteiger partial charge on any atom is -0.497 e. The summed E-state index contributed by atoms with van der Waals surface area (Å²) in [6, 6.07) is 14.3. The number of amides is 2. The van der Waals surface area contributed by atoms with Gasteiger partial charge in [0.1, 0.15) is 17.5 Å². The van der Waals surface area contributed by atoms with Crippen molar-refractivity contribution in [3.8, 4) is 11.5 Å². The summed E-state index contributed by atoms with van der Waals surface area (Å²) in [6.45, 7) is 9.65. The molecule has 6 heteroatoms. The van der Waals surface area contributed by atoms with Crippen LogP contribution in [-0.4, -0.2) is 42.0 Å². The number of hydrogen-bond acceptors (Lipinski definition) is 4. The number of hydrogen-bond donors (Lipinski definition) is 1. The number of nitrogens with zero attached hydrogens (tertiary/aromatic N) is 1. The molecule has 2 rings (SSSR count). The minimum atomic E-state index is -0.641. The minimum absolute atomic E-state index is 0.161. The highest BCUT2D eigenvalue weighted by Gasteiger charge is 2.28. The molecule has 30 heavy (non-hydrogen) atoms. The van der Waals surface area contributed by atoms with Gasteiger partial charge in [-0.1, -0.05) is 29.8 Å². The molecule has 0 aliphatic heterocycles. The molecule has 1 unspecified atom stereocenters. The monoisotopic (exact) mass is 412 g/mol. The second-order valence-electron chi connectivity index (χ2n) is 8.39. The van der Waals surface area contributed by atoms with E-state index in [9.17, 15) is 9.59 Å². The standard InChI is InChI=1S/C24H32N2O4/c1-17-7-9-19(10-8-17)15-26(18(2)23(28)25-24(3,4)5)22(27)16-30-21-13-11-20(29-6)12-14-21/h7-14,18H,15-16H2,1-6H3,(H,25,28). The van der Waals surface area contributed by atoms with Crippen LogP contribution in [0.2, 0.25) is 0 Å². The van der Waals surface area contributed by atoms with Crippen LogP contribution in [0, 0.1) is 6.92 Å². The zero-order valence-electron chi connectivity index (χ0n) is 18.7. The topological polar surface area (TPSA) is 67.9 Å². The van der Waals surface area contributed by atoms with E-state index >= 15 is 0 Å². The first-order valence-corrected chi connectivity index (χ1v) is 10.0. The number of rotatable bonds is 8. The average Bonchev–Trinajstić information content (AvgIpc) is 2.70. The van der Waals surface area contributed by atoms with Crippen LogP contribution in [0.5, 0.6) is 11.5 Å². The Labute approximate surface area is 179 Å². The molecule has 2 amide bonds. The number of ether oxygens (including phenoxy) is 2. The number of methoxy groups -OCH3 is 1. The second kappa shape index (κ2) is 10.1. The average molecular weight is 413 g/mol. The fourth-order valence-corrected chi connectivity index (χ4v) is 2.85. The summed E-state index contributed by atoms with van der Waals surface area (Å²) >= 11 is 0. The number of carbonyl (C=O) groups excluding carboxylic acids is 2. The van der Waals surface area contributed by atoms with E-state index in [1.807, 2.05) is 52.0 Å². The van der Waals surface area contributed by atoms with Crippen molar-refractivity contribution in [2.75, 3.05) is 13.7 Å². The quantitative estimate of drug-likeness (QED) is 0.718. The van der Waals surface area contributed by atoms with Gasteiger partial charge in [0.25, 0.3) is 5.91 Å². The highest BCUT2D eigenvalue weighted by molar-refractivity contribution is 5.88. The van der Waals surface area contributed by atoms with Crippen molar-refractivity contribution in [2.45, 2.75) is 52.7 Å². The van der Waals surface area contributed by atoms with Crippen LogP contribution in [-0.2, 0) is 16.1 Å². The maximum absolute atomic E-state index is 13.0. The zero-order valence-corrected chi connectivity index (χ0v) is 18.7. The fourth-order valence-electron chi connectivity index (χ4n) is 2.85. The first kappa shape index (κ1) is 23.3. The summed E-state index contributed by atoms with van der Waals surface area (Å²) in [5, 5.41) is 2.95. The van der Waals surface area contributed by atoms with Crippen LogP contribution < -0.4 is 14.8 Å². The van der Waals surface area contributed by atoms with Crippen molar-refractivity contribution in [3.63, 3.8) is 0 Å². The fraction of sp³-hybridized carbons (Fsp3) is 0.417. The Morgan fingerprint density at radius 3 is 2.10 bits per heavy atom. The van der Waals surface area contributed by atoms with Gasteiger partial charge in [0.15, 0.2) is 6.61 Å². The van der Waals surface area contributed by atoms with Gasteiger partial charge in [-0.3, -0.25) is 9.59 Å². The Bertz CT molecular complexity index is 839. The van der Waals surface area contributed by atoms with Crippen molar-refractivity contribution < 1.29 is 19.1 Å². The van der Waals surface area contributed by atoms with Gasteiger partial charge in [-0.15, -0.1) is 0 Å². The molecule has 2 aromatic carbocycles. The van der Waals surface area contributed by atoms with Crippen molar-refractivity contribution in [1.29, 1.82) is 0 Å². The first-order chi connectivity index (χ1) is 14.1. The Hall–Kier alpha value is -3.02. The van der Waals surface area contributed by atoms with Gasteiger partial charge < -0.3 is 19.7 Å².